The van der Waals surface area contributed by atoms with Gasteiger partial charge < -0.3 is 14.7 Å². The number of hydrogen-bond donors (Lipinski definition) is 1. The molecule has 0 saturated carbocycles. The van der Waals surface area contributed by atoms with Crippen molar-refractivity contribution in [3.63, 3.8) is 0 Å². The number of aliphatic hydroxyl groups is 1. The van der Waals surface area contributed by atoms with Gasteiger partial charge in [-0.2, -0.15) is 0 Å². The molecule has 8 heteroatoms. The minimum absolute atomic E-state index is 0.0843. The lowest BCUT2D eigenvalue weighted by Crippen LogP contribution is -2.16. The Morgan fingerprint density at radius 1 is 0.750 bits per heavy atom. The average Bonchev–Trinajstić information content (AvgIpc) is 2.96. The minimum Gasteiger partial charge on any atom is -0.462 e. The molecule has 0 fully saturated rings. The third-order valence-corrected chi connectivity index (χ3v) is 7.31. The quantitative estimate of drug-likeness (QED) is 0.0433. The van der Waals surface area contributed by atoms with E-state index in [1.54, 1.807) is 24.3 Å². The first-order valence-electron chi connectivity index (χ1n) is 14.4. The van der Waals surface area contributed by atoms with E-state index in [4.69, 9.17) is 14.7 Å². The summed E-state index contributed by atoms with van der Waals surface area (Å²) in [5.74, 6) is -1.17. The molecule has 0 atom stereocenters. The van der Waals surface area contributed by atoms with E-state index in [-0.39, 0.29) is 30.7 Å². The number of ether oxygens (including phenoxy) is 1. The fraction of sp³-hybridized carbons (Fsp3) is 0.500. The summed E-state index contributed by atoms with van der Waals surface area (Å²) in [7, 11) is 0. The summed E-state index contributed by atoms with van der Waals surface area (Å²) in [5, 5.41) is 12.7. The lowest BCUT2D eigenvalue weighted by atomic mass is 10.0. The zero-order valence-electron chi connectivity index (χ0n) is 23.9. The summed E-state index contributed by atoms with van der Waals surface area (Å²) in [4.78, 5) is 43.2. The first kappa shape index (κ1) is 33.2. The summed E-state index contributed by atoms with van der Waals surface area (Å²) >= 11 is 1.51. The maximum absolute atomic E-state index is 13.1. The van der Waals surface area contributed by atoms with Crippen molar-refractivity contribution in [2.75, 3.05) is 13.2 Å². The standard InChI is InChI=1S/C32H43NO6S/c1-3-4-5-6-7-8-9-10-11-14-30(33-39-25(2)35)31(36)26-15-19-28(20-16-26)40-29-21-17-27(18-22-29)32(37)38-24-13-12-23-34/h15-22,34H,3-14,23-24H2,1-2H3/b33-30+. The number of aliphatic hydroxyl groups excluding tert-OH is 1. The summed E-state index contributed by atoms with van der Waals surface area (Å²) in [6.07, 6.45) is 12.2. The molecule has 0 bridgehead atoms. The molecule has 0 aliphatic carbocycles. The van der Waals surface area contributed by atoms with Crippen LogP contribution in [0.15, 0.2) is 63.5 Å². The van der Waals surface area contributed by atoms with E-state index in [1.165, 1.54) is 57.2 Å². The Bertz CT molecular complexity index is 1070. The molecule has 2 aromatic carbocycles. The van der Waals surface area contributed by atoms with Crippen LogP contribution in [0, 0.1) is 0 Å². The zero-order chi connectivity index (χ0) is 29.0. The van der Waals surface area contributed by atoms with Crippen LogP contribution >= 0.6 is 11.8 Å². The fourth-order valence-electron chi connectivity index (χ4n) is 4.02. The van der Waals surface area contributed by atoms with Gasteiger partial charge in [-0.1, -0.05) is 75.2 Å². The lowest BCUT2D eigenvalue weighted by Gasteiger charge is -2.08. The number of rotatable bonds is 20. The van der Waals surface area contributed by atoms with Gasteiger partial charge in [-0.3, -0.25) is 4.79 Å². The molecule has 1 N–H and O–H groups in total. The largest absolute Gasteiger partial charge is 0.462 e. The second-order valence-corrected chi connectivity index (χ2v) is 10.9. The molecule has 0 spiro atoms. The maximum Gasteiger partial charge on any atom is 0.338 e. The second-order valence-electron chi connectivity index (χ2n) is 9.75. The van der Waals surface area contributed by atoms with Crippen LogP contribution in [0.4, 0.5) is 0 Å². The van der Waals surface area contributed by atoms with E-state index in [0.717, 1.165) is 29.1 Å². The topological polar surface area (TPSA) is 102 Å². The van der Waals surface area contributed by atoms with Crippen molar-refractivity contribution in [1.82, 2.24) is 0 Å². The number of esters is 1. The molecule has 218 valence electrons. The van der Waals surface area contributed by atoms with E-state index < -0.39 is 5.97 Å². The molecule has 0 aliphatic rings. The predicted molar refractivity (Wildman–Crippen MR) is 159 cm³/mol. The summed E-state index contributed by atoms with van der Waals surface area (Å²) in [6.45, 7) is 3.86. The van der Waals surface area contributed by atoms with Gasteiger partial charge in [0.1, 0.15) is 5.71 Å². The van der Waals surface area contributed by atoms with Crippen LogP contribution in [0.3, 0.4) is 0 Å². The highest BCUT2D eigenvalue weighted by molar-refractivity contribution is 7.99. The minimum atomic E-state index is -0.551. The van der Waals surface area contributed by atoms with Gasteiger partial charge in [0.15, 0.2) is 0 Å². The zero-order valence-corrected chi connectivity index (χ0v) is 24.7. The van der Waals surface area contributed by atoms with Crippen LogP contribution in [-0.4, -0.2) is 41.8 Å². The molecule has 40 heavy (non-hydrogen) atoms. The molecule has 2 aromatic rings. The van der Waals surface area contributed by atoms with Crippen LogP contribution in [-0.2, 0) is 14.4 Å². The SMILES string of the molecule is CCCCCCCCCCC/C(=N\OC(C)=O)C(=O)c1ccc(Sc2ccc(C(=O)OCCCCO)cc2)cc1. The van der Waals surface area contributed by atoms with Gasteiger partial charge in [-0.25, -0.2) is 9.59 Å². The molecule has 0 aromatic heterocycles. The Morgan fingerprint density at radius 3 is 1.85 bits per heavy atom. The molecule has 2 rings (SSSR count). The van der Waals surface area contributed by atoms with Crippen molar-refractivity contribution in [3.05, 3.63) is 59.7 Å². The third-order valence-electron chi connectivity index (χ3n) is 6.29. The highest BCUT2D eigenvalue weighted by Gasteiger charge is 2.16. The Hall–Kier alpha value is -2.97. The van der Waals surface area contributed by atoms with Crippen molar-refractivity contribution in [1.29, 1.82) is 0 Å². The lowest BCUT2D eigenvalue weighted by molar-refractivity contribution is -0.140. The molecule has 0 saturated heterocycles. The molecule has 0 unspecified atom stereocenters. The van der Waals surface area contributed by atoms with E-state index in [2.05, 4.69) is 12.1 Å². The number of ketones is 1. The van der Waals surface area contributed by atoms with Gasteiger partial charge in [-0.15, -0.1) is 0 Å². The molecule has 0 amide bonds. The van der Waals surface area contributed by atoms with Crippen LogP contribution in [0.25, 0.3) is 0 Å². The number of Topliss-reactive ketones (excluding diaryl/α,β-unsaturated/α-hetero) is 1. The number of carbonyl (C=O) groups is 3. The van der Waals surface area contributed by atoms with Gasteiger partial charge >= 0.3 is 11.9 Å². The van der Waals surface area contributed by atoms with Gasteiger partial charge in [-0.05, 0) is 74.2 Å². The first-order chi connectivity index (χ1) is 19.4. The normalized spacial score (nSPS) is 11.3. The van der Waals surface area contributed by atoms with Crippen molar-refractivity contribution in [3.8, 4) is 0 Å². The van der Waals surface area contributed by atoms with Gasteiger partial charge in [0.05, 0.1) is 12.2 Å². The van der Waals surface area contributed by atoms with Crippen LogP contribution in [0.5, 0.6) is 0 Å². The van der Waals surface area contributed by atoms with Crippen molar-refractivity contribution >= 4 is 35.2 Å². The monoisotopic (exact) mass is 569 g/mol. The number of nitrogens with zero attached hydrogens (tertiary/aromatic N) is 1. The van der Waals surface area contributed by atoms with Gasteiger partial charge in [0.25, 0.3) is 0 Å². The van der Waals surface area contributed by atoms with Crippen molar-refractivity contribution < 1.29 is 29.1 Å². The maximum atomic E-state index is 13.1. The number of hydrogen-bond acceptors (Lipinski definition) is 8. The van der Waals surface area contributed by atoms with Crippen LogP contribution < -0.4 is 0 Å². The highest BCUT2D eigenvalue weighted by atomic mass is 32.2. The van der Waals surface area contributed by atoms with Gasteiger partial charge in [0.2, 0.25) is 5.78 Å². The summed E-state index contributed by atoms with van der Waals surface area (Å²) in [5.41, 5.74) is 1.23. The molecule has 7 nitrogen and oxygen atoms in total. The predicted octanol–water partition coefficient (Wildman–Crippen LogP) is 7.79. The Morgan fingerprint density at radius 2 is 1.30 bits per heavy atom. The van der Waals surface area contributed by atoms with E-state index >= 15 is 0 Å². The number of carbonyl (C=O) groups excluding carboxylic acids is 3. The molecular formula is C32H43NO6S. The van der Waals surface area contributed by atoms with Crippen LogP contribution in [0.1, 0.15) is 112 Å². The fourth-order valence-corrected chi connectivity index (χ4v) is 4.84. The molecular weight excluding hydrogens is 526 g/mol. The Balaban J connectivity index is 1.88. The second kappa shape index (κ2) is 20.0. The summed E-state index contributed by atoms with van der Waals surface area (Å²) < 4.78 is 5.21. The molecule has 0 radical (unpaired) electrons. The number of benzene rings is 2. The number of unbranched alkanes of at least 4 members (excludes halogenated alkanes) is 9. The van der Waals surface area contributed by atoms with Crippen molar-refractivity contribution in [2.24, 2.45) is 5.16 Å². The highest BCUT2D eigenvalue weighted by Crippen LogP contribution is 2.28. The van der Waals surface area contributed by atoms with E-state index in [0.29, 0.717) is 30.4 Å². The van der Waals surface area contributed by atoms with E-state index in [1.807, 2.05) is 24.3 Å². The molecule has 0 aliphatic heterocycles. The smallest absolute Gasteiger partial charge is 0.338 e. The average molecular weight is 570 g/mol. The van der Waals surface area contributed by atoms with Gasteiger partial charge in [0, 0.05) is 28.9 Å². The summed E-state index contributed by atoms with van der Waals surface area (Å²) in [6, 6.07) is 14.4. The first-order valence-corrected chi connectivity index (χ1v) is 15.2. The number of oxime groups is 1. The van der Waals surface area contributed by atoms with E-state index in [9.17, 15) is 14.4 Å². The third kappa shape index (κ3) is 13.4. The van der Waals surface area contributed by atoms with Crippen LogP contribution in [0.2, 0.25) is 0 Å². The Kier molecular flexibility index (Phi) is 16.6. The van der Waals surface area contributed by atoms with Crippen molar-refractivity contribution in [2.45, 2.75) is 101 Å². The Labute approximate surface area is 242 Å². The molecule has 0 heterocycles.